The van der Waals surface area contributed by atoms with E-state index in [9.17, 15) is 14.4 Å². The van der Waals surface area contributed by atoms with E-state index in [-0.39, 0.29) is 48.8 Å². The van der Waals surface area contributed by atoms with Crippen molar-refractivity contribution >= 4 is 17.8 Å². The summed E-state index contributed by atoms with van der Waals surface area (Å²) in [6.45, 7) is 7.38. The molecule has 1 heterocycles. The smallest absolute Gasteiger partial charge is 0.307 e. The number of methoxy groups -OCH3 is 1. The van der Waals surface area contributed by atoms with Gasteiger partial charge in [-0.15, -0.1) is 0 Å². The van der Waals surface area contributed by atoms with Gasteiger partial charge in [0.15, 0.2) is 5.69 Å². The molecule has 0 saturated heterocycles. The van der Waals surface area contributed by atoms with Crippen LogP contribution in [0, 0.1) is 11.8 Å². The van der Waals surface area contributed by atoms with Crippen molar-refractivity contribution in [3.63, 3.8) is 0 Å². The lowest BCUT2D eigenvalue weighted by Gasteiger charge is -2.23. The van der Waals surface area contributed by atoms with E-state index in [1.807, 2.05) is 67.1 Å². The summed E-state index contributed by atoms with van der Waals surface area (Å²) in [4.78, 5) is 38.2. The highest BCUT2D eigenvalue weighted by Gasteiger charge is 2.26. The van der Waals surface area contributed by atoms with E-state index >= 15 is 0 Å². The van der Waals surface area contributed by atoms with Crippen molar-refractivity contribution in [2.45, 2.75) is 91.3 Å². The molecule has 254 valence electrons. The third-order valence-corrected chi connectivity index (χ3v) is 8.35. The van der Waals surface area contributed by atoms with Crippen molar-refractivity contribution in [1.29, 1.82) is 0 Å². The molecular weight excluding hydrogens is 596 g/mol. The van der Waals surface area contributed by atoms with Crippen molar-refractivity contribution in [2.75, 3.05) is 20.3 Å². The van der Waals surface area contributed by atoms with Gasteiger partial charge < -0.3 is 24.8 Å². The van der Waals surface area contributed by atoms with Gasteiger partial charge in [-0.2, -0.15) is 5.10 Å². The van der Waals surface area contributed by atoms with Crippen LogP contribution in [0.25, 0.3) is 11.3 Å². The summed E-state index contributed by atoms with van der Waals surface area (Å²) in [7, 11) is 1.63. The Kier molecular flexibility index (Phi) is 13.7. The lowest BCUT2D eigenvalue weighted by Crippen LogP contribution is -2.40. The summed E-state index contributed by atoms with van der Waals surface area (Å²) in [6.07, 6.45) is 6.65. The Balaban J connectivity index is 1.59. The van der Waals surface area contributed by atoms with Crippen LogP contribution in [-0.4, -0.2) is 53.9 Å². The van der Waals surface area contributed by atoms with Crippen molar-refractivity contribution < 1.29 is 28.6 Å². The highest BCUT2D eigenvalue weighted by molar-refractivity contribution is 5.94. The van der Waals surface area contributed by atoms with Gasteiger partial charge >= 0.3 is 5.97 Å². The number of ether oxygens (including phenoxy) is 3. The monoisotopic (exact) mass is 646 g/mol. The van der Waals surface area contributed by atoms with Crippen molar-refractivity contribution in [2.24, 2.45) is 11.8 Å². The van der Waals surface area contributed by atoms with Gasteiger partial charge in [-0.3, -0.25) is 19.1 Å². The van der Waals surface area contributed by atoms with E-state index < -0.39 is 6.04 Å². The summed E-state index contributed by atoms with van der Waals surface area (Å²) in [5.74, 6) is 1.02. The fourth-order valence-electron chi connectivity index (χ4n) is 6.13. The Labute approximate surface area is 278 Å². The van der Waals surface area contributed by atoms with Crippen LogP contribution in [0.4, 0.5) is 0 Å². The number of amides is 2. The third kappa shape index (κ3) is 10.9. The van der Waals surface area contributed by atoms with E-state index in [1.54, 1.807) is 20.1 Å². The molecule has 1 aromatic heterocycles. The minimum atomic E-state index is -0.409. The lowest BCUT2D eigenvalue weighted by atomic mass is 9.89. The van der Waals surface area contributed by atoms with E-state index in [4.69, 9.17) is 19.3 Å². The SMILES string of the molecule is CCOC(=O)CCNC(=O)CC(CC(C)C)NC(=O)c1cc(-c2c(OC)cccc2OCc2ccccc2)n(CC2CCCCC2)n1. The van der Waals surface area contributed by atoms with Crippen LogP contribution in [0.2, 0.25) is 0 Å². The van der Waals surface area contributed by atoms with E-state index in [0.29, 0.717) is 43.6 Å². The summed E-state index contributed by atoms with van der Waals surface area (Å²) < 4.78 is 19.0. The predicted octanol–water partition coefficient (Wildman–Crippen LogP) is 6.32. The second-order valence-corrected chi connectivity index (χ2v) is 12.6. The molecule has 1 aliphatic rings. The number of benzene rings is 2. The molecule has 10 nitrogen and oxygen atoms in total. The van der Waals surface area contributed by atoms with E-state index in [0.717, 1.165) is 29.7 Å². The summed E-state index contributed by atoms with van der Waals surface area (Å²) >= 11 is 0. The molecule has 3 aromatic rings. The fraction of sp³-hybridized carbons (Fsp3) is 0.514. The van der Waals surface area contributed by atoms with Crippen LogP contribution >= 0.6 is 0 Å². The van der Waals surface area contributed by atoms with Crippen LogP contribution in [0.15, 0.2) is 54.6 Å². The summed E-state index contributed by atoms with van der Waals surface area (Å²) in [6, 6.07) is 17.1. The molecule has 47 heavy (non-hydrogen) atoms. The van der Waals surface area contributed by atoms with E-state index in [2.05, 4.69) is 10.6 Å². The molecule has 0 bridgehead atoms. The second-order valence-electron chi connectivity index (χ2n) is 12.6. The highest BCUT2D eigenvalue weighted by atomic mass is 16.5. The number of carbonyl (C=O) groups excluding carboxylic acids is 3. The van der Waals surface area contributed by atoms with Gasteiger partial charge in [0.2, 0.25) is 5.91 Å². The zero-order valence-corrected chi connectivity index (χ0v) is 28.3. The molecule has 1 fully saturated rings. The van der Waals surface area contributed by atoms with Gasteiger partial charge in [0.1, 0.15) is 18.1 Å². The average Bonchev–Trinajstić information content (AvgIpc) is 3.47. The zero-order valence-electron chi connectivity index (χ0n) is 28.3. The van der Waals surface area contributed by atoms with Crippen LogP contribution < -0.4 is 20.1 Å². The van der Waals surface area contributed by atoms with Crippen molar-refractivity contribution in [1.82, 2.24) is 20.4 Å². The Bertz CT molecular complexity index is 1450. The number of aromatic nitrogens is 2. The van der Waals surface area contributed by atoms with Crippen LogP contribution in [0.1, 0.15) is 88.2 Å². The Morgan fingerprint density at radius 3 is 2.45 bits per heavy atom. The first kappa shape index (κ1) is 35.5. The average molecular weight is 647 g/mol. The van der Waals surface area contributed by atoms with E-state index in [1.165, 1.54) is 19.3 Å². The number of nitrogens with one attached hydrogen (secondary N) is 2. The normalized spacial score (nSPS) is 14.0. The van der Waals surface area contributed by atoms with Gasteiger partial charge in [0.25, 0.3) is 5.91 Å². The molecule has 1 atom stereocenters. The minimum absolute atomic E-state index is 0.0897. The van der Waals surface area contributed by atoms with Crippen molar-refractivity contribution in [3.05, 3.63) is 65.9 Å². The first-order valence-corrected chi connectivity index (χ1v) is 16.9. The predicted molar refractivity (Wildman–Crippen MR) is 181 cm³/mol. The first-order chi connectivity index (χ1) is 22.8. The molecule has 10 heteroatoms. The van der Waals surface area contributed by atoms with Gasteiger partial charge in [-0.1, -0.05) is 69.5 Å². The minimum Gasteiger partial charge on any atom is -0.496 e. The molecule has 1 unspecified atom stereocenters. The molecule has 2 amide bonds. The highest BCUT2D eigenvalue weighted by Crippen LogP contribution is 2.40. The standard InChI is InChI=1S/C37H50N4O6/c1-5-46-35(43)19-20-38-34(42)22-29(21-26(2)3)39-37(44)30-23-31(41(40-30)24-27-13-8-6-9-14-27)36-32(45-4)17-12-18-33(36)47-25-28-15-10-7-11-16-28/h7,10-12,15-18,23,26-27,29H,5-6,8-9,13-14,19-22,24-25H2,1-4H3,(H,38,42)(H,39,44). The topological polar surface area (TPSA) is 121 Å². The zero-order chi connectivity index (χ0) is 33.6. The molecule has 0 radical (unpaired) electrons. The Hall–Kier alpha value is -4.34. The number of nitrogens with zero attached hydrogens (tertiary/aromatic N) is 2. The molecular formula is C37H50N4O6. The molecule has 2 N–H and O–H groups in total. The van der Waals surface area contributed by atoms with Crippen LogP contribution in [0.5, 0.6) is 11.5 Å². The largest absolute Gasteiger partial charge is 0.496 e. The maximum Gasteiger partial charge on any atom is 0.307 e. The number of esters is 1. The number of rotatable bonds is 17. The van der Waals surface area contributed by atoms with Gasteiger partial charge in [0.05, 0.1) is 31.4 Å². The lowest BCUT2D eigenvalue weighted by molar-refractivity contribution is -0.143. The second kappa shape index (κ2) is 18.1. The van der Waals surface area contributed by atoms with Gasteiger partial charge in [-0.05, 0) is 61.8 Å². The fourth-order valence-corrected chi connectivity index (χ4v) is 6.13. The molecule has 2 aromatic carbocycles. The van der Waals surface area contributed by atoms with Crippen LogP contribution in [0.3, 0.4) is 0 Å². The molecule has 1 saturated carbocycles. The summed E-state index contributed by atoms with van der Waals surface area (Å²) in [5, 5.41) is 10.7. The van der Waals surface area contributed by atoms with Crippen LogP contribution in [-0.2, 0) is 27.5 Å². The number of hydrogen-bond acceptors (Lipinski definition) is 7. The van der Waals surface area contributed by atoms with Crippen molar-refractivity contribution in [3.8, 4) is 22.8 Å². The quantitative estimate of drug-likeness (QED) is 0.165. The maximum atomic E-state index is 13.8. The van der Waals surface area contributed by atoms with Gasteiger partial charge in [-0.25, -0.2) is 0 Å². The van der Waals surface area contributed by atoms with Gasteiger partial charge in [0, 0.05) is 25.6 Å². The summed E-state index contributed by atoms with van der Waals surface area (Å²) in [5.41, 5.74) is 2.80. The molecule has 0 aliphatic heterocycles. The molecule has 0 spiro atoms. The number of hydrogen-bond donors (Lipinski definition) is 2. The molecule has 4 rings (SSSR count). The Morgan fingerprint density at radius 1 is 1.00 bits per heavy atom. The Morgan fingerprint density at radius 2 is 1.74 bits per heavy atom. The maximum absolute atomic E-state index is 13.8. The first-order valence-electron chi connectivity index (χ1n) is 16.9. The molecule has 1 aliphatic carbocycles. The number of carbonyl (C=O) groups is 3. The third-order valence-electron chi connectivity index (χ3n) is 8.35.